The second-order valence-electron chi connectivity index (χ2n) is 4.31. The molecule has 0 spiro atoms. The van der Waals surface area contributed by atoms with Crippen LogP contribution in [0.3, 0.4) is 0 Å². The van der Waals surface area contributed by atoms with Crippen molar-refractivity contribution in [3.8, 4) is 11.5 Å². The van der Waals surface area contributed by atoms with Crippen LogP contribution in [0.15, 0.2) is 12.1 Å². The number of ether oxygens (including phenoxy) is 2. The van der Waals surface area contributed by atoms with Gasteiger partial charge in [-0.15, -0.1) is 0 Å². The molecule has 0 N–H and O–H groups in total. The van der Waals surface area contributed by atoms with Gasteiger partial charge in [0.05, 0.1) is 5.56 Å². The zero-order valence-electron chi connectivity index (χ0n) is 9.55. The number of hydrogen-bond acceptors (Lipinski definition) is 3. The summed E-state index contributed by atoms with van der Waals surface area (Å²) in [5.41, 5.74) is -0.244. The predicted molar refractivity (Wildman–Crippen MR) is 69.8 cm³/mol. The van der Waals surface area contributed by atoms with Gasteiger partial charge >= 0.3 is 0 Å². The van der Waals surface area contributed by atoms with Gasteiger partial charge < -0.3 is 9.47 Å². The van der Waals surface area contributed by atoms with Crippen molar-refractivity contribution < 1.29 is 18.7 Å². The van der Waals surface area contributed by atoms with Gasteiger partial charge in [0.25, 0.3) is 0 Å². The largest absolute Gasteiger partial charge is 0.485 e. The molecule has 3 nitrogen and oxygen atoms in total. The lowest BCUT2D eigenvalue weighted by atomic mass is 10.1. The number of rotatable bonds is 2. The van der Waals surface area contributed by atoms with Gasteiger partial charge in [0.2, 0.25) is 0 Å². The molecule has 0 aromatic heterocycles. The van der Waals surface area contributed by atoms with Crippen LogP contribution in [0.4, 0.5) is 4.39 Å². The average Bonchev–Trinajstić information content (AvgIpc) is 2.28. The fourth-order valence-electron chi connectivity index (χ4n) is 1.61. The van der Waals surface area contributed by atoms with Crippen molar-refractivity contribution in [2.75, 3.05) is 11.0 Å². The third kappa shape index (κ3) is 2.38. The first-order valence-electron chi connectivity index (χ1n) is 5.17. The molecule has 5 heteroatoms. The summed E-state index contributed by atoms with van der Waals surface area (Å²) in [6.07, 6.45) is 0. The minimum absolute atomic E-state index is 0.232. The van der Waals surface area contributed by atoms with Crippen molar-refractivity contribution in [2.45, 2.75) is 19.4 Å². The van der Waals surface area contributed by atoms with Crippen LogP contribution in [0.2, 0.25) is 0 Å². The molecule has 1 aromatic carbocycles. The lowest BCUT2D eigenvalue weighted by molar-refractivity contribution is 0.0261. The monoisotopic (exact) mass is 350 g/mol. The van der Waals surface area contributed by atoms with Crippen molar-refractivity contribution >= 4 is 28.4 Å². The van der Waals surface area contributed by atoms with E-state index in [0.717, 1.165) is 4.43 Å². The van der Waals surface area contributed by atoms with Gasteiger partial charge in [-0.05, 0) is 19.9 Å². The molecular formula is C12H12FIO3. The Bertz CT molecular complexity index is 475. The summed E-state index contributed by atoms with van der Waals surface area (Å²) in [7, 11) is 0. The normalized spacial score (nSPS) is 22.4. The summed E-state index contributed by atoms with van der Waals surface area (Å²) >= 11 is 2.19. The first-order valence-corrected chi connectivity index (χ1v) is 6.70. The molecule has 1 aromatic rings. The lowest BCUT2D eigenvalue weighted by Crippen LogP contribution is -2.44. The topological polar surface area (TPSA) is 35.5 Å². The summed E-state index contributed by atoms with van der Waals surface area (Å²) in [6, 6.07) is 2.43. The van der Waals surface area contributed by atoms with Crippen molar-refractivity contribution in [1.29, 1.82) is 0 Å². The van der Waals surface area contributed by atoms with Crippen LogP contribution in [-0.2, 0) is 0 Å². The highest BCUT2D eigenvalue weighted by Gasteiger charge is 2.34. The van der Waals surface area contributed by atoms with E-state index in [9.17, 15) is 9.18 Å². The molecule has 1 heterocycles. The number of carbonyl (C=O) groups excluding carboxylic acids is 1. The van der Waals surface area contributed by atoms with Crippen molar-refractivity contribution in [2.24, 2.45) is 0 Å². The molecule has 92 valence electrons. The van der Waals surface area contributed by atoms with E-state index < -0.39 is 11.4 Å². The van der Waals surface area contributed by atoms with Crippen molar-refractivity contribution in [3.63, 3.8) is 0 Å². The highest BCUT2D eigenvalue weighted by Crippen LogP contribution is 2.39. The number of halogens is 2. The smallest absolute Gasteiger partial charge is 0.173 e. The Morgan fingerprint density at radius 1 is 1.59 bits per heavy atom. The Kier molecular flexibility index (Phi) is 3.29. The van der Waals surface area contributed by atoms with E-state index in [1.54, 1.807) is 0 Å². The molecular weight excluding hydrogens is 338 g/mol. The van der Waals surface area contributed by atoms with Gasteiger partial charge in [-0.2, -0.15) is 0 Å². The highest BCUT2D eigenvalue weighted by atomic mass is 127. The molecule has 0 bridgehead atoms. The molecule has 0 saturated carbocycles. The Morgan fingerprint density at radius 2 is 2.29 bits per heavy atom. The highest BCUT2D eigenvalue weighted by molar-refractivity contribution is 14.1. The first-order chi connectivity index (χ1) is 7.95. The second-order valence-corrected chi connectivity index (χ2v) is 5.07. The van der Waals surface area contributed by atoms with Crippen LogP contribution >= 0.6 is 22.6 Å². The molecule has 1 unspecified atom stereocenters. The summed E-state index contributed by atoms with van der Waals surface area (Å²) in [6.45, 7) is 3.63. The molecule has 0 amide bonds. The van der Waals surface area contributed by atoms with Gasteiger partial charge in [0.1, 0.15) is 18.0 Å². The summed E-state index contributed by atoms with van der Waals surface area (Å²) in [4.78, 5) is 11.5. The van der Waals surface area contributed by atoms with Gasteiger partial charge in [0, 0.05) is 10.5 Å². The Hall–Kier alpha value is -0.850. The maximum atomic E-state index is 13.3. The zero-order chi connectivity index (χ0) is 12.6. The van der Waals surface area contributed by atoms with Crippen LogP contribution < -0.4 is 9.47 Å². The quantitative estimate of drug-likeness (QED) is 0.467. The van der Waals surface area contributed by atoms with Crippen molar-refractivity contribution in [3.05, 3.63) is 23.5 Å². The molecule has 17 heavy (non-hydrogen) atoms. The predicted octanol–water partition coefficient (Wildman–Crippen LogP) is 2.99. The van der Waals surface area contributed by atoms with Gasteiger partial charge in [0.15, 0.2) is 17.3 Å². The van der Waals surface area contributed by atoms with E-state index in [2.05, 4.69) is 22.6 Å². The molecule has 1 aliphatic heterocycles. The van der Waals surface area contributed by atoms with E-state index in [1.165, 1.54) is 19.1 Å². The minimum atomic E-state index is -0.490. The van der Waals surface area contributed by atoms with Gasteiger partial charge in [-0.25, -0.2) is 4.39 Å². The zero-order valence-corrected chi connectivity index (χ0v) is 11.7. The van der Waals surface area contributed by atoms with Gasteiger partial charge in [-0.1, -0.05) is 22.6 Å². The second kappa shape index (κ2) is 4.44. The summed E-state index contributed by atoms with van der Waals surface area (Å²) in [5.74, 6) is -0.0699. The number of benzene rings is 1. The molecule has 2 rings (SSSR count). The fourth-order valence-corrected chi connectivity index (χ4v) is 1.99. The van der Waals surface area contributed by atoms with E-state index >= 15 is 0 Å². The van der Waals surface area contributed by atoms with Crippen LogP contribution in [0.1, 0.15) is 24.2 Å². The molecule has 1 aliphatic rings. The Balaban J connectivity index is 2.52. The van der Waals surface area contributed by atoms with E-state index in [0.29, 0.717) is 18.1 Å². The molecule has 0 aliphatic carbocycles. The number of ketones is 1. The number of carbonyl (C=O) groups is 1. The summed E-state index contributed by atoms with van der Waals surface area (Å²) < 4.78 is 25.3. The molecule has 0 saturated heterocycles. The van der Waals surface area contributed by atoms with E-state index in [1.807, 2.05) is 6.92 Å². The van der Waals surface area contributed by atoms with Gasteiger partial charge in [-0.3, -0.25) is 4.79 Å². The minimum Gasteiger partial charge on any atom is -0.485 e. The third-order valence-electron chi connectivity index (χ3n) is 2.56. The standard InChI is InChI=1S/C12H12FIO3/c1-7(15)9-3-8(13)4-10-11(9)17-12(2,5-14)6-16-10/h3-4H,5-6H2,1-2H3. The number of fused-ring (bicyclic) bond motifs is 1. The molecule has 0 radical (unpaired) electrons. The van der Waals surface area contributed by atoms with Crippen LogP contribution in [0, 0.1) is 5.82 Å². The Labute approximate surface area is 112 Å². The number of Topliss-reactive ketones (excluding diaryl/α,β-unsaturated/α-hetero) is 1. The Morgan fingerprint density at radius 3 is 2.88 bits per heavy atom. The average molecular weight is 350 g/mol. The number of alkyl halides is 1. The maximum absolute atomic E-state index is 13.3. The maximum Gasteiger partial charge on any atom is 0.173 e. The lowest BCUT2D eigenvalue weighted by Gasteiger charge is -2.35. The summed E-state index contributed by atoms with van der Waals surface area (Å²) in [5, 5.41) is 0. The van der Waals surface area contributed by atoms with Crippen LogP contribution in [0.25, 0.3) is 0 Å². The fraction of sp³-hybridized carbons (Fsp3) is 0.417. The van der Waals surface area contributed by atoms with Crippen molar-refractivity contribution in [1.82, 2.24) is 0 Å². The van der Waals surface area contributed by atoms with E-state index in [4.69, 9.17) is 9.47 Å². The third-order valence-corrected chi connectivity index (χ3v) is 4.18. The van der Waals surface area contributed by atoms with E-state index in [-0.39, 0.29) is 11.3 Å². The SMILES string of the molecule is CC(=O)c1cc(F)cc2c1OC(C)(CI)CO2. The first kappa shape index (κ1) is 12.6. The van der Waals surface area contributed by atoms with Crippen LogP contribution in [0.5, 0.6) is 11.5 Å². The molecule has 1 atom stereocenters. The number of hydrogen-bond donors (Lipinski definition) is 0. The van der Waals surface area contributed by atoms with Crippen LogP contribution in [-0.4, -0.2) is 22.4 Å². The molecule has 0 fully saturated rings.